The second-order valence-corrected chi connectivity index (χ2v) is 7.62. The minimum Gasteiger partial charge on any atom is -0.493 e. The van der Waals surface area contributed by atoms with Crippen molar-refractivity contribution in [1.82, 2.24) is 15.5 Å². The third-order valence-electron chi connectivity index (χ3n) is 5.72. The zero-order chi connectivity index (χ0) is 22.7. The number of amides is 2. The van der Waals surface area contributed by atoms with E-state index >= 15 is 0 Å². The minimum absolute atomic E-state index is 0.323. The molecule has 3 N–H and O–H groups in total. The van der Waals surface area contributed by atoms with Crippen molar-refractivity contribution in [3.63, 3.8) is 0 Å². The Hall–Kier alpha value is -3.88. The fourth-order valence-corrected chi connectivity index (χ4v) is 4.10. The highest BCUT2D eigenvalue weighted by Crippen LogP contribution is 2.39. The Balaban J connectivity index is 1.60. The van der Waals surface area contributed by atoms with Crippen molar-refractivity contribution < 1.29 is 23.6 Å². The number of methoxy groups -OCH3 is 2. The lowest BCUT2D eigenvalue weighted by Gasteiger charge is -2.19. The Kier molecular flexibility index (Phi) is 6.07. The molecule has 2 amide bonds. The van der Waals surface area contributed by atoms with E-state index in [1.807, 2.05) is 30.3 Å². The molecule has 1 aliphatic carbocycles. The molecular weight excluding hydrogens is 412 g/mol. The van der Waals surface area contributed by atoms with E-state index in [0.717, 1.165) is 5.56 Å². The Morgan fingerprint density at radius 1 is 1.06 bits per heavy atom. The third kappa shape index (κ3) is 4.14. The van der Waals surface area contributed by atoms with Crippen LogP contribution in [0.15, 0.2) is 53.1 Å². The number of para-hydroxylation sites is 1. The number of aromatic nitrogens is 2. The zero-order valence-electron chi connectivity index (χ0n) is 17.8. The van der Waals surface area contributed by atoms with Gasteiger partial charge in [-0.15, -0.1) is 0 Å². The Morgan fingerprint density at radius 3 is 2.53 bits per heavy atom. The molecule has 0 unspecified atom stereocenters. The second kappa shape index (κ2) is 9.09. The summed E-state index contributed by atoms with van der Waals surface area (Å²) in [6, 6.07) is 14.1. The summed E-state index contributed by atoms with van der Waals surface area (Å²) in [4.78, 5) is 29.5. The van der Waals surface area contributed by atoms with Gasteiger partial charge in [-0.3, -0.25) is 9.59 Å². The number of nitrogens with zero attached hydrogens (tertiary/aromatic N) is 2. The maximum Gasteiger partial charge on any atom is 0.255 e. The van der Waals surface area contributed by atoms with Crippen molar-refractivity contribution in [3.8, 4) is 22.9 Å². The largest absolute Gasteiger partial charge is 0.493 e. The molecule has 1 fully saturated rings. The second-order valence-electron chi connectivity index (χ2n) is 7.62. The van der Waals surface area contributed by atoms with Gasteiger partial charge in [-0.25, -0.2) is 0 Å². The fraction of sp³-hybridized carbons (Fsp3) is 0.304. The van der Waals surface area contributed by atoms with Crippen LogP contribution in [0.5, 0.6) is 11.5 Å². The van der Waals surface area contributed by atoms with E-state index in [2.05, 4.69) is 15.5 Å². The van der Waals surface area contributed by atoms with E-state index in [1.165, 1.54) is 14.2 Å². The lowest BCUT2D eigenvalue weighted by molar-refractivity contribution is -0.121. The van der Waals surface area contributed by atoms with Gasteiger partial charge in [-0.2, -0.15) is 4.98 Å². The molecule has 0 saturated heterocycles. The molecule has 166 valence electrons. The molecule has 3 aromatic rings. The van der Waals surface area contributed by atoms with Crippen molar-refractivity contribution >= 4 is 11.8 Å². The number of primary amides is 1. The Bertz CT molecular complexity index is 1110. The third-order valence-corrected chi connectivity index (χ3v) is 5.72. The van der Waals surface area contributed by atoms with E-state index in [1.54, 1.807) is 18.2 Å². The average Bonchev–Trinajstić information content (AvgIpc) is 3.46. The molecule has 9 heteroatoms. The normalized spacial score (nSPS) is 20.0. The molecule has 1 heterocycles. The molecule has 3 atom stereocenters. The maximum absolute atomic E-state index is 13.1. The van der Waals surface area contributed by atoms with Crippen molar-refractivity contribution in [2.24, 2.45) is 11.7 Å². The molecule has 0 aliphatic heterocycles. The van der Waals surface area contributed by atoms with Crippen molar-refractivity contribution in [3.05, 3.63) is 60.0 Å². The van der Waals surface area contributed by atoms with Gasteiger partial charge in [0.05, 0.1) is 25.7 Å². The lowest BCUT2D eigenvalue weighted by Crippen LogP contribution is -2.37. The van der Waals surface area contributed by atoms with Gasteiger partial charge in [0.25, 0.3) is 5.91 Å². The Morgan fingerprint density at radius 2 is 1.84 bits per heavy atom. The number of carbonyl (C=O) groups is 2. The molecular formula is C23H24N4O5. The van der Waals surface area contributed by atoms with E-state index < -0.39 is 17.9 Å². The van der Waals surface area contributed by atoms with Gasteiger partial charge in [-0.05, 0) is 25.0 Å². The number of benzene rings is 2. The number of carbonyl (C=O) groups excluding carboxylic acids is 2. The van der Waals surface area contributed by atoms with E-state index in [-0.39, 0.29) is 11.8 Å². The van der Waals surface area contributed by atoms with Gasteiger partial charge in [0.15, 0.2) is 11.5 Å². The van der Waals surface area contributed by atoms with Crippen LogP contribution in [0.4, 0.5) is 0 Å². The van der Waals surface area contributed by atoms with Gasteiger partial charge in [0.1, 0.15) is 0 Å². The molecule has 9 nitrogen and oxygen atoms in total. The van der Waals surface area contributed by atoms with Crippen LogP contribution in [0.1, 0.15) is 35.0 Å². The van der Waals surface area contributed by atoms with Gasteiger partial charge in [0, 0.05) is 17.5 Å². The van der Waals surface area contributed by atoms with Crippen LogP contribution < -0.4 is 20.5 Å². The first kappa shape index (κ1) is 21.4. The number of nitrogens with two attached hydrogens (primary N) is 1. The van der Waals surface area contributed by atoms with Gasteiger partial charge >= 0.3 is 0 Å². The fourth-order valence-electron chi connectivity index (χ4n) is 4.10. The molecule has 4 rings (SSSR count). The smallest absolute Gasteiger partial charge is 0.255 e. The monoisotopic (exact) mass is 436 g/mol. The lowest BCUT2D eigenvalue weighted by atomic mass is 10.0. The van der Waals surface area contributed by atoms with Crippen LogP contribution in [0.25, 0.3) is 11.4 Å². The summed E-state index contributed by atoms with van der Waals surface area (Å²) in [6.45, 7) is 0. The highest BCUT2D eigenvalue weighted by atomic mass is 16.5. The van der Waals surface area contributed by atoms with Gasteiger partial charge < -0.3 is 25.0 Å². The SMILES string of the molecule is COc1cccc(C(=O)N[C@H]2C[C@H](C(N)=O)C[C@H]2c2nc(-c3ccccc3)no2)c1OC. The number of hydrogen-bond donors (Lipinski definition) is 2. The minimum atomic E-state index is -0.423. The predicted octanol–water partition coefficient (Wildman–Crippen LogP) is 2.53. The summed E-state index contributed by atoms with van der Waals surface area (Å²) in [7, 11) is 2.98. The van der Waals surface area contributed by atoms with Crippen LogP contribution in [-0.4, -0.2) is 42.2 Å². The highest BCUT2D eigenvalue weighted by molar-refractivity contribution is 5.98. The summed E-state index contributed by atoms with van der Waals surface area (Å²) in [6.07, 6.45) is 0.785. The van der Waals surface area contributed by atoms with Gasteiger partial charge in [-0.1, -0.05) is 41.6 Å². The quantitative estimate of drug-likeness (QED) is 0.582. The molecule has 32 heavy (non-hydrogen) atoms. The molecule has 0 radical (unpaired) electrons. The van der Waals surface area contributed by atoms with Crippen molar-refractivity contribution in [1.29, 1.82) is 0 Å². The summed E-state index contributed by atoms with van der Waals surface area (Å²) < 4.78 is 16.2. The van der Waals surface area contributed by atoms with Crippen molar-refractivity contribution in [2.75, 3.05) is 14.2 Å². The summed E-state index contributed by atoms with van der Waals surface area (Å²) in [5, 5.41) is 7.06. The summed E-state index contributed by atoms with van der Waals surface area (Å²) in [5.41, 5.74) is 6.70. The molecule has 1 saturated carbocycles. The summed E-state index contributed by atoms with van der Waals surface area (Å²) >= 11 is 0. The first-order chi connectivity index (χ1) is 15.5. The molecule has 1 aliphatic rings. The van der Waals surface area contributed by atoms with Crippen LogP contribution >= 0.6 is 0 Å². The first-order valence-corrected chi connectivity index (χ1v) is 10.2. The van der Waals surface area contributed by atoms with E-state index in [0.29, 0.717) is 41.6 Å². The van der Waals surface area contributed by atoms with Crippen LogP contribution in [0, 0.1) is 5.92 Å². The topological polar surface area (TPSA) is 130 Å². The Labute approximate surface area is 184 Å². The van der Waals surface area contributed by atoms with Crippen LogP contribution in [0.2, 0.25) is 0 Å². The van der Waals surface area contributed by atoms with E-state index in [9.17, 15) is 9.59 Å². The van der Waals surface area contributed by atoms with Crippen molar-refractivity contribution in [2.45, 2.75) is 24.8 Å². The molecule has 2 aromatic carbocycles. The standard InChI is InChI=1S/C23H24N4O5/c1-30-18-10-6-9-15(19(18)31-2)22(29)25-17-12-14(20(24)28)11-16(17)23-26-21(27-32-23)13-7-4-3-5-8-13/h3-10,14,16-17H,11-12H2,1-2H3,(H2,24,28)(H,25,29)/t14-,16-,17+/m1/s1. The number of ether oxygens (including phenoxy) is 2. The van der Waals surface area contributed by atoms with Crippen LogP contribution in [-0.2, 0) is 4.79 Å². The number of nitrogens with one attached hydrogen (secondary N) is 1. The van der Waals surface area contributed by atoms with Crippen LogP contribution in [0.3, 0.4) is 0 Å². The summed E-state index contributed by atoms with van der Waals surface area (Å²) in [5.74, 6) is 0.0399. The van der Waals surface area contributed by atoms with E-state index in [4.69, 9.17) is 19.7 Å². The maximum atomic E-state index is 13.1. The first-order valence-electron chi connectivity index (χ1n) is 10.2. The average molecular weight is 436 g/mol. The number of rotatable bonds is 7. The number of hydrogen-bond acceptors (Lipinski definition) is 7. The zero-order valence-corrected chi connectivity index (χ0v) is 17.8. The molecule has 1 aromatic heterocycles. The molecule has 0 spiro atoms. The molecule has 0 bridgehead atoms. The highest BCUT2D eigenvalue weighted by Gasteiger charge is 2.42. The predicted molar refractivity (Wildman–Crippen MR) is 115 cm³/mol. The van der Waals surface area contributed by atoms with Gasteiger partial charge in [0.2, 0.25) is 17.6 Å².